The highest BCUT2D eigenvalue weighted by atomic mass is 16.6. The number of alkyl carbamates (subject to hydrolysis) is 1. The maximum atomic E-state index is 14.1. The Morgan fingerprint density at radius 3 is 1.85 bits per heavy atom. The fraction of sp³-hybridized carbons (Fsp3) is 0.818. The Kier molecular flexibility index (Phi) is 14.2. The van der Waals surface area contributed by atoms with Crippen molar-refractivity contribution in [3.05, 3.63) is 0 Å². The van der Waals surface area contributed by atoms with E-state index in [9.17, 15) is 28.8 Å². The third-order valence-electron chi connectivity index (χ3n) is 6.61. The van der Waals surface area contributed by atoms with Gasteiger partial charge in [-0.05, 0) is 74.1 Å². The molecule has 1 fully saturated rings. The highest BCUT2D eigenvalue weighted by Gasteiger charge is 2.47. The van der Waals surface area contributed by atoms with E-state index in [0.717, 1.165) is 0 Å². The largest absolute Gasteiger partial charge is 0.460 e. The number of amides is 4. The summed E-state index contributed by atoms with van der Waals surface area (Å²) in [6.45, 7) is 23.1. The van der Waals surface area contributed by atoms with Gasteiger partial charge in [0.15, 0.2) is 0 Å². The van der Waals surface area contributed by atoms with Crippen LogP contribution < -0.4 is 16.0 Å². The molecular formula is C33H58N4O9. The number of ketones is 1. The average molecular weight is 655 g/mol. The number of likely N-dealkylation sites (tertiary alicyclic amines) is 1. The summed E-state index contributed by atoms with van der Waals surface area (Å²) < 4.78 is 16.8. The number of hydrogen-bond acceptors (Lipinski definition) is 9. The summed E-state index contributed by atoms with van der Waals surface area (Å²) in [7, 11) is 0. The van der Waals surface area contributed by atoms with E-state index in [2.05, 4.69) is 16.0 Å². The Morgan fingerprint density at radius 2 is 1.37 bits per heavy atom. The number of rotatable bonds is 12. The molecule has 13 nitrogen and oxygen atoms in total. The Hall–Kier alpha value is -3.22. The summed E-state index contributed by atoms with van der Waals surface area (Å²) in [6.07, 6.45) is -0.587. The zero-order valence-electron chi connectivity index (χ0n) is 30.2. The second-order valence-electron chi connectivity index (χ2n) is 15.8. The Bertz CT molecular complexity index is 1110. The third-order valence-corrected chi connectivity index (χ3v) is 6.61. The first-order valence-corrected chi connectivity index (χ1v) is 16.1. The summed E-state index contributed by atoms with van der Waals surface area (Å²) in [5.41, 5.74) is -2.80. The van der Waals surface area contributed by atoms with Crippen LogP contribution in [-0.2, 0) is 38.2 Å². The first kappa shape index (κ1) is 40.8. The van der Waals surface area contributed by atoms with Crippen molar-refractivity contribution in [2.24, 2.45) is 5.41 Å². The molecule has 1 saturated heterocycles. The number of esters is 1. The monoisotopic (exact) mass is 654 g/mol. The molecule has 3 N–H and O–H groups in total. The van der Waals surface area contributed by atoms with Gasteiger partial charge < -0.3 is 35.1 Å². The molecule has 0 bridgehead atoms. The minimum atomic E-state index is -1.16. The maximum Gasteiger partial charge on any atom is 0.408 e. The van der Waals surface area contributed by atoms with Crippen molar-refractivity contribution in [3.63, 3.8) is 0 Å². The highest BCUT2D eigenvalue weighted by molar-refractivity contribution is 6.38. The van der Waals surface area contributed by atoms with Crippen LogP contribution in [0.3, 0.4) is 0 Å². The molecule has 1 rings (SSSR count). The minimum absolute atomic E-state index is 0.0777. The number of carbonyl (C=O) groups is 6. The van der Waals surface area contributed by atoms with E-state index in [1.807, 2.05) is 27.7 Å². The zero-order chi connectivity index (χ0) is 35.8. The van der Waals surface area contributed by atoms with Crippen molar-refractivity contribution in [1.82, 2.24) is 20.9 Å². The van der Waals surface area contributed by atoms with E-state index in [-0.39, 0.29) is 32.4 Å². The molecule has 264 valence electrons. The number of nitrogens with zero attached hydrogens (tertiary/aromatic N) is 1. The standard InChI is InChI=1S/C33H58N4O9/c1-14-15-21(24(39)27(41)34-17-16-23(38)45-32(8,9)10)35-26(40)22-18-20(44-31(5,6)7)19-37(22)28(42)25(30(2,3)4)36-29(43)46-33(11,12)13/h20-22,25H,14-19H2,1-13H3,(H,34,41)(H,35,40)(H,36,43)/t20-,21?,22+,25-/m1/s1. The fourth-order valence-corrected chi connectivity index (χ4v) is 4.86. The van der Waals surface area contributed by atoms with Gasteiger partial charge in [-0.25, -0.2) is 4.79 Å². The van der Waals surface area contributed by atoms with Crippen LogP contribution in [0, 0.1) is 5.41 Å². The maximum absolute atomic E-state index is 14.1. The van der Waals surface area contributed by atoms with Crippen molar-refractivity contribution in [2.45, 2.75) is 157 Å². The SMILES string of the molecule is CCCC(NC(=O)[C@@H]1C[C@@H](OC(C)(C)C)CN1C(=O)[C@@H](NC(=O)OC(C)(C)C)C(C)(C)C)C(=O)C(=O)NCCC(=O)OC(C)(C)C. The van der Waals surface area contributed by atoms with E-state index in [0.29, 0.717) is 6.42 Å². The van der Waals surface area contributed by atoms with Gasteiger partial charge in [0, 0.05) is 19.5 Å². The van der Waals surface area contributed by atoms with Gasteiger partial charge in [-0.15, -0.1) is 0 Å². The lowest BCUT2D eigenvalue weighted by Gasteiger charge is -2.36. The van der Waals surface area contributed by atoms with Crippen LogP contribution >= 0.6 is 0 Å². The number of ether oxygens (including phenoxy) is 3. The third kappa shape index (κ3) is 14.5. The Labute approximate surface area is 274 Å². The van der Waals surface area contributed by atoms with E-state index in [4.69, 9.17) is 14.2 Å². The normalized spacial score (nSPS) is 18.7. The highest BCUT2D eigenvalue weighted by Crippen LogP contribution is 2.29. The predicted octanol–water partition coefficient (Wildman–Crippen LogP) is 3.41. The van der Waals surface area contributed by atoms with Gasteiger partial charge in [0.05, 0.1) is 24.2 Å². The molecule has 0 aliphatic carbocycles. The molecule has 0 radical (unpaired) electrons. The predicted molar refractivity (Wildman–Crippen MR) is 173 cm³/mol. The van der Waals surface area contributed by atoms with Crippen molar-refractivity contribution in [2.75, 3.05) is 13.1 Å². The molecule has 0 aromatic carbocycles. The molecule has 1 heterocycles. The topological polar surface area (TPSA) is 169 Å². The molecule has 46 heavy (non-hydrogen) atoms. The summed E-state index contributed by atoms with van der Waals surface area (Å²) in [5, 5.41) is 7.80. The number of Topliss-reactive ketones (excluding diaryl/α,β-unsaturated/α-hetero) is 1. The summed E-state index contributed by atoms with van der Waals surface area (Å²) in [6, 6.07) is -3.24. The van der Waals surface area contributed by atoms with Gasteiger partial charge in [0.1, 0.15) is 23.3 Å². The molecule has 4 amide bonds. The fourth-order valence-electron chi connectivity index (χ4n) is 4.86. The zero-order valence-corrected chi connectivity index (χ0v) is 30.2. The molecule has 1 aliphatic heterocycles. The molecule has 13 heteroatoms. The van der Waals surface area contributed by atoms with Crippen molar-refractivity contribution >= 4 is 35.6 Å². The van der Waals surface area contributed by atoms with Gasteiger partial charge in [-0.2, -0.15) is 0 Å². The van der Waals surface area contributed by atoms with Crippen molar-refractivity contribution < 1.29 is 43.0 Å². The lowest BCUT2D eigenvalue weighted by molar-refractivity contribution is -0.154. The van der Waals surface area contributed by atoms with Gasteiger partial charge in [0.2, 0.25) is 17.6 Å². The Balaban J connectivity index is 3.20. The van der Waals surface area contributed by atoms with Gasteiger partial charge in [-0.3, -0.25) is 24.0 Å². The molecule has 0 aromatic rings. The number of hydrogen-bond donors (Lipinski definition) is 3. The number of nitrogens with one attached hydrogen (secondary N) is 3. The van der Waals surface area contributed by atoms with E-state index >= 15 is 0 Å². The number of carbonyl (C=O) groups excluding carboxylic acids is 6. The lowest BCUT2D eigenvalue weighted by Crippen LogP contribution is -2.59. The second kappa shape index (κ2) is 16.1. The van der Waals surface area contributed by atoms with Crippen LogP contribution in [-0.4, -0.2) is 94.6 Å². The summed E-state index contributed by atoms with van der Waals surface area (Å²) in [4.78, 5) is 79.8. The molecule has 1 aliphatic rings. The summed E-state index contributed by atoms with van der Waals surface area (Å²) >= 11 is 0. The van der Waals surface area contributed by atoms with Gasteiger partial charge in [0.25, 0.3) is 5.91 Å². The van der Waals surface area contributed by atoms with Crippen LogP contribution in [0.5, 0.6) is 0 Å². The molecule has 0 spiro atoms. The van der Waals surface area contributed by atoms with E-state index < -0.39 is 82.0 Å². The Morgan fingerprint density at radius 1 is 0.804 bits per heavy atom. The second-order valence-corrected chi connectivity index (χ2v) is 15.8. The van der Waals surface area contributed by atoms with E-state index in [1.165, 1.54) is 4.90 Å². The first-order valence-electron chi connectivity index (χ1n) is 16.1. The molecule has 0 aromatic heterocycles. The van der Waals surface area contributed by atoms with Crippen LogP contribution in [0.1, 0.15) is 116 Å². The molecular weight excluding hydrogens is 596 g/mol. The van der Waals surface area contributed by atoms with Crippen LogP contribution in [0.25, 0.3) is 0 Å². The van der Waals surface area contributed by atoms with E-state index in [1.54, 1.807) is 62.3 Å². The quantitative estimate of drug-likeness (QED) is 0.211. The molecule has 1 unspecified atom stereocenters. The van der Waals surface area contributed by atoms with Crippen molar-refractivity contribution in [3.8, 4) is 0 Å². The lowest BCUT2D eigenvalue weighted by atomic mass is 9.85. The van der Waals surface area contributed by atoms with Crippen LogP contribution in [0.15, 0.2) is 0 Å². The smallest absolute Gasteiger partial charge is 0.408 e. The molecule has 0 saturated carbocycles. The van der Waals surface area contributed by atoms with Gasteiger partial charge >= 0.3 is 12.1 Å². The molecule has 4 atom stereocenters. The summed E-state index contributed by atoms with van der Waals surface area (Å²) in [5.74, 6) is -3.45. The van der Waals surface area contributed by atoms with Crippen LogP contribution in [0.4, 0.5) is 4.79 Å². The minimum Gasteiger partial charge on any atom is -0.460 e. The van der Waals surface area contributed by atoms with Gasteiger partial charge in [-0.1, -0.05) is 34.1 Å². The first-order chi connectivity index (χ1) is 20.7. The van der Waals surface area contributed by atoms with Crippen LogP contribution in [0.2, 0.25) is 0 Å². The average Bonchev–Trinajstić information content (AvgIpc) is 3.25. The van der Waals surface area contributed by atoms with Crippen molar-refractivity contribution in [1.29, 1.82) is 0 Å².